The van der Waals surface area contributed by atoms with Crippen LogP contribution in [-0.2, 0) is 19.1 Å². The Labute approximate surface area is 194 Å². The number of carbonyl (C=O) groups excluding carboxylic acids is 3. The SMILES string of the molecule is CCCC(C)N1CC=C[C@]23S[C@@H]4C=CCCOC(=O)[C@@H]4[C@H]2C(=O)N([C@@H](CC)CO)C3C1=O. The first-order valence-electron chi connectivity index (χ1n) is 11.8. The molecular formula is C24H34N2O5S. The van der Waals surface area contributed by atoms with Gasteiger partial charge in [-0.3, -0.25) is 14.4 Å². The van der Waals surface area contributed by atoms with Gasteiger partial charge in [-0.15, -0.1) is 11.8 Å². The Morgan fingerprint density at radius 2 is 2.03 bits per heavy atom. The molecule has 2 amide bonds. The van der Waals surface area contributed by atoms with Gasteiger partial charge in [0.15, 0.2) is 0 Å². The van der Waals surface area contributed by atoms with Crippen LogP contribution in [0.15, 0.2) is 24.3 Å². The molecule has 1 N–H and O–H groups in total. The highest BCUT2D eigenvalue weighted by Gasteiger charge is 2.71. The lowest BCUT2D eigenvalue weighted by Gasteiger charge is -2.39. The number of rotatable bonds is 6. The van der Waals surface area contributed by atoms with Crippen molar-refractivity contribution in [2.75, 3.05) is 19.8 Å². The lowest BCUT2D eigenvalue weighted by Crippen LogP contribution is -2.57. The van der Waals surface area contributed by atoms with Gasteiger partial charge in [-0.1, -0.05) is 44.6 Å². The van der Waals surface area contributed by atoms with Crippen LogP contribution in [0, 0.1) is 11.8 Å². The summed E-state index contributed by atoms with van der Waals surface area (Å²) in [6.07, 6.45) is 11.0. The number of hydrogen-bond acceptors (Lipinski definition) is 6. The van der Waals surface area contributed by atoms with Crippen molar-refractivity contribution in [3.8, 4) is 0 Å². The van der Waals surface area contributed by atoms with Crippen LogP contribution in [0.4, 0.5) is 0 Å². The third kappa shape index (κ3) is 3.50. The predicted molar refractivity (Wildman–Crippen MR) is 123 cm³/mol. The number of hydrogen-bond donors (Lipinski definition) is 1. The predicted octanol–water partition coefficient (Wildman–Crippen LogP) is 2.14. The largest absolute Gasteiger partial charge is 0.465 e. The fourth-order valence-electron chi connectivity index (χ4n) is 5.84. The van der Waals surface area contributed by atoms with Crippen LogP contribution in [0.3, 0.4) is 0 Å². The van der Waals surface area contributed by atoms with E-state index in [-0.39, 0.29) is 35.7 Å². The first-order valence-corrected chi connectivity index (χ1v) is 12.7. The number of ether oxygens (including phenoxy) is 1. The van der Waals surface area contributed by atoms with Crippen LogP contribution < -0.4 is 0 Å². The number of fused-ring (bicyclic) bond motifs is 2. The molecule has 0 aromatic rings. The minimum Gasteiger partial charge on any atom is -0.465 e. The molecule has 2 saturated heterocycles. The Kier molecular flexibility index (Phi) is 6.73. The molecule has 7 atom stereocenters. The third-order valence-corrected chi connectivity index (χ3v) is 9.15. The Bertz CT molecular complexity index is 825. The van der Waals surface area contributed by atoms with Crippen molar-refractivity contribution in [2.24, 2.45) is 11.8 Å². The highest BCUT2D eigenvalue weighted by molar-refractivity contribution is 8.02. The van der Waals surface area contributed by atoms with E-state index in [1.54, 1.807) is 16.7 Å². The molecule has 32 heavy (non-hydrogen) atoms. The van der Waals surface area contributed by atoms with Crippen LogP contribution in [-0.4, -0.2) is 80.6 Å². The average Bonchev–Trinajstić information content (AvgIpc) is 3.14. The van der Waals surface area contributed by atoms with Gasteiger partial charge in [0.05, 0.1) is 35.8 Å². The summed E-state index contributed by atoms with van der Waals surface area (Å²) in [5, 5.41) is 9.88. The van der Waals surface area contributed by atoms with Crippen molar-refractivity contribution >= 4 is 29.5 Å². The quantitative estimate of drug-likeness (QED) is 0.481. The molecule has 0 saturated carbocycles. The number of cyclic esters (lactones) is 1. The Balaban J connectivity index is 1.84. The summed E-state index contributed by atoms with van der Waals surface area (Å²) in [6.45, 7) is 6.62. The minimum atomic E-state index is -0.847. The molecule has 4 rings (SSSR count). The Morgan fingerprint density at radius 1 is 1.25 bits per heavy atom. The fraction of sp³-hybridized carbons (Fsp3) is 0.708. The van der Waals surface area contributed by atoms with E-state index in [9.17, 15) is 19.5 Å². The van der Waals surface area contributed by atoms with E-state index in [0.29, 0.717) is 26.0 Å². The number of esters is 1. The van der Waals surface area contributed by atoms with Crippen molar-refractivity contribution in [2.45, 2.75) is 74.6 Å². The van der Waals surface area contributed by atoms with E-state index in [2.05, 4.69) is 6.92 Å². The van der Waals surface area contributed by atoms with Gasteiger partial charge >= 0.3 is 5.97 Å². The Morgan fingerprint density at radius 3 is 2.72 bits per heavy atom. The summed E-state index contributed by atoms with van der Waals surface area (Å²) in [7, 11) is 0. The van der Waals surface area contributed by atoms with Crippen molar-refractivity contribution in [1.82, 2.24) is 9.80 Å². The molecule has 176 valence electrons. The molecule has 0 bridgehead atoms. The smallest absolute Gasteiger partial charge is 0.311 e. The maximum Gasteiger partial charge on any atom is 0.311 e. The summed E-state index contributed by atoms with van der Waals surface area (Å²) < 4.78 is 4.64. The normalized spacial score (nSPS) is 36.1. The molecule has 4 aliphatic heterocycles. The zero-order valence-electron chi connectivity index (χ0n) is 19.1. The first kappa shape index (κ1) is 23.4. The van der Waals surface area contributed by atoms with Gasteiger partial charge in [-0.2, -0.15) is 0 Å². The van der Waals surface area contributed by atoms with E-state index >= 15 is 0 Å². The minimum absolute atomic E-state index is 0.0439. The number of carbonyl (C=O) groups is 3. The van der Waals surface area contributed by atoms with Crippen LogP contribution in [0.2, 0.25) is 0 Å². The molecule has 0 radical (unpaired) electrons. The second kappa shape index (κ2) is 9.21. The number of amides is 2. The topological polar surface area (TPSA) is 87.2 Å². The first-order chi connectivity index (χ1) is 15.4. The molecule has 8 heteroatoms. The highest BCUT2D eigenvalue weighted by Crippen LogP contribution is 2.61. The van der Waals surface area contributed by atoms with Crippen LogP contribution in [0.1, 0.15) is 46.5 Å². The molecule has 0 aromatic carbocycles. The summed E-state index contributed by atoms with van der Waals surface area (Å²) in [5.41, 5.74) is 0. The fourth-order valence-corrected chi connectivity index (χ4v) is 7.83. The molecule has 7 nitrogen and oxygen atoms in total. The summed E-state index contributed by atoms with van der Waals surface area (Å²) in [4.78, 5) is 44.5. The number of aliphatic hydroxyl groups is 1. The van der Waals surface area contributed by atoms with Crippen LogP contribution >= 0.6 is 11.8 Å². The molecule has 4 aliphatic rings. The zero-order valence-corrected chi connectivity index (χ0v) is 19.9. The standard InChI is InChI=1S/C24H34N2O5S/c1-4-9-15(3)25-12-8-11-24-19(18-17(32-24)10-6-7-13-31-23(18)30)21(28)26(16(5-2)14-27)20(24)22(25)29/h6,8,10-11,15-20,27H,4-5,7,9,12-14H2,1-3H3/t15?,16-,17+,18-,19-,20?,24-/m0/s1. The number of aliphatic hydroxyl groups excluding tert-OH is 1. The monoisotopic (exact) mass is 462 g/mol. The van der Waals surface area contributed by atoms with E-state index < -0.39 is 28.7 Å². The molecule has 1 spiro atoms. The molecule has 0 aliphatic carbocycles. The Hall–Kier alpha value is -1.80. The number of likely N-dealkylation sites (tertiary alicyclic amines) is 1. The molecule has 0 aromatic heterocycles. The molecule has 4 heterocycles. The summed E-state index contributed by atoms with van der Waals surface area (Å²) in [6, 6.07) is -1.16. The van der Waals surface area contributed by atoms with Crippen molar-refractivity contribution in [3.63, 3.8) is 0 Å². The number of thioether (sulfide) groups is 1. The summed E-state index contributed by atoms with van der Waals surface area (Å²) in [5.74, 6) is -1.98. The molecular weight excluding hydrogens is 428 g/mol. The van der Waals surface area contributed by atoms with Crippen molar-refractivity contribution in [1.29, 1.82) is 0 Å². The zero-order chi connectivity index (χ0) is 23.0. The second-order valence-corrected chi connectivity index (χ2v) is 10.7. The summed E-state index contributed by atoms with van der Waals surface area (Å²) >= 11 is 1.55. The van der Waals surface area contributed by atoms with E-state index in [1.165, 1.54) is 0 Å². The van der Waals surface area contributed by atoms with Crippen LogP contribution in [0.25, 0.3) is 0 Å². The lowest BCUT2D eigenvalue weighted by atomic mass is 9.78. The van der Waals surface area contributed by atoms with Gasteiger partial charge in [0.2, 0.25) is 11.8 Å². The highest BCUT2D eigenvalue weighted by atomic mass is 32.2. The van der Waals surface area contributed by atoms with E-state index in [4.69, 9.17) is 4.74 Å². The van der Waals surface area contributed by atoms with E-state index in [0.717, 1.165) is 12.8 Å². The van der Waals surface area contributed by atoms with Gasteiger partial charge in [-0.05, 0) is 26.2 Å². The number of nitrogens with zero attached hydrogens (tertiary/aromatic N) is 2. The van der Waals surface area contributed by atoms with Gasteiger partial charge < -0.3 is 19.6 Å². The lowest BCUT2D eigenvalue weighted by molar-refractivity contribution is -0.153. The third-order valence-electron chi connectivity index (χ3n) is 7.40. The molecule has 2 unspecified atom stereocenters. The maximum absolute atomic E-state index is 14.1. The molecule has 2 fully saturated rings. The van der Waals surface area contributed by atoms with Gasteiger partial charge in [0.25, 0.3) is 0 Å². The maximum atomic E-state index is 14.1. The van der Waals surface area contributed by atoms with Gasteiger partial charge in [0.1, 0.15) is 6.04 Å². The van der Waals surface area contributed by atoms with Crippen LogP contribution in [0.5, 0.6) is 0 Å². The average molecular weight is 463 g/mol. The second-order valence-electron chi connectivity index (χ2n) is 9.25. The van der Waals surface area contributed by atoms with E-state index in [1.807, 2.05) is 43.1 Å². The van der Waals surface area contributed by atoms with Gasteiger partial charge in [-0.25, -0.2) is 0 Å². The van der Waals surface area contributed by atoms with Crippen molar-refractivity contribution in [3.05, 3.63) is 24.3 Å². The van der Waals surface area contributed by atoms with Crippen molar-refractivity contribution < 1.29 is 24.2 Å². The van der Waals surface area contributed by atoms with Gasteiger partial charge in [0, 0.05) is 17.8 Å².